The summed E-state index contributed by atoms with van der Waals surface area (Å²) in [5.74, 6) is 2.81. The van der Waals surface area contributed by atoms with Crippen LogP contribution < -0.4 is 21.4 Å². The summed E-state index contributed by atoms with van der Waals surface area (Å²) in [7, 11) is 0. The van der Waals surface area contributed by atoms with Crippen molar-refractivity contribution in [2.45, 2.75) is 53.0 Å². The Bertz CT molecular complexity index is 800. The number of rotatable bonds is 6. The first kappa shape index (κ1) is 22.5. The fraction of sp³-hybridized carbons (Fsp3) is 0.591. The Morgan fingerprint density at radius 2 is 2.03 bits per heavy atom. The lowest BCUT2D eigenvalue weighted by Gasteiger charge is -2.24. The van der Waals surface area contributed by atoms with Gasteiger partial charge in [-0.05, 0) is 51.6 Å². The van der Waals surface area contributed by atoms with Gasteiger partial charge in [-0.1, -0.05) is 19.9 Å². The van der Waals surface area contributed by atoms with Crippen molar-refractivity contribution in [3.05, 3.63) is 39.8 Å². The monoisotopic (exact) mass is 429 g/mol. The molecule has 3 heterocycles. The Kier molecular flexibility index (Phi) is 8.45. The Hall–Kier alpha value is -2.19. The van der Waals surface area contributed by atoms with E-state index in [9.17, 15) is 0 Å². The van der Waals surface area contributed by atoms with Crippen LogP contribution in [0.15, 0.2) is 39.1 Å². The molecule has 0 aliphatic carbocycles. The molecule has 1 unspecified atom stereocenters. The molecule has 1 atom stereocenters. The molecule has 0 aromatic carbocycles. The van der Waals surface area contributed by atoms with Gasteiger partial charge in [0.25, 0.3) is 0 Å². The highest BCUT2D eigenvalue weighted by atomic mass is 32.1. The Labute approximate surface area is 184 Å². The van der Waals surface area contributed by atoms with Gasteiger partial charge in [-0.3, -0.25) is 5.43 Å². The van der Waals surface area contributed by atoms with Crippen LogP contribution in [0.4, 0.5) is 0 Å². The number of hydrogen-bond donors (Lipinski definition) is 4. The Balaban J connectivity index is 1.85. The van der Waals surface area contributed by atoms with Crippen LogP contribution in [0.3, 0.4) is 0 Å². The predicted molar refractivity (Wildman–Crippen MR) is 127 cm³/mol. The molecule has 1 aromatic heterocycles. The summed E-state index contributed by atoms with van der Waals surface area (Å²) in [4.78, 5) is 9.71. The van der Waals surface area contributed by atoms with Crippen LogP contribution in [0.5, 0.6) is 0 Å². The Morgan fingerprint density at radius 3 is 2.73 bits per heavy atom. The van der Waals surface area contributed by atoms with Gasteiger partial charge in [-0.2, -0.15) is 5.10 Å². The molecular weight excluding hydrogens is 394 g/mol. The number of hydrogen-bond acceptors (Lipinski definition) is 8. The van der Waals surface area contributed by atoms with Crippen molar-refractivity contribution in [1.82, 2.24) is 26.4 Å². The minimum absolute atomic E-state index is 0.0710. The van der Waals surface area contributed by atoms with Crippen LogP contribution in [-0.4, -0.2) is 36.7 Å². The SMILES string of the molecule is Cc1csc(C(C)NC2=C(C(C)C)\C=N/N/C=C/C/C(NCC3CCNCC3)=N\2)n1. The van der Waals surface area contributed by atoms with Crippen molar-refractivity contribution in [2.24, 2.45) is 21.9 Å². The number of nitrogens with zero attached hydrogens (tertiary/aromatic N) is 3. The fourth-order valence-electron chi connectivity index (χ4n) is 3.52. The van der Waals surface area contributed by atoms with E-state index in [-0.39, 0.29) is 12.0 Å². The van der Waals surface area contributed by atoms with Gasteiger partial charge < -0.3 is 16.0 Å². The summed E-state index contributed by atoms with van der Waals surface area (Å²) >= 11 is 1.68. The predicted octanol–water partition coefficient (Wildman–Crippen LogP) is 3.45. The third kappa shape index (κ3) is 6.67. The van der Waals surface area contributed by atoms with Crippen LogP contribution in [0.2, 0.25) is 0 Å². The molecule has 0 amide bonds. The highest BCUT2D eigenvalue weighted by Gasteiger charge is 2.17. The molecule has 0 radical (unpaired) electrons. The van der Waals surface area contributed by atoms with E-state index >= 15 is 0 Å². The van der Waals surface area contributed by atoms with Crippen LogP contribution in [0.25, 0.3) is 0 Å². The second-order valence-electron chi connectivity index (χ2n) is 8.28. The first-order valence-corrected chi connectivity index (χ1v) is 11.8. The van der Waals surface area contributed by atoms with Gasteiger partial charge in [-0.25, -0.2) is 9.98 Å². The van der Waals surface area contributed by atoms with Crippen molar-refractivity contribution in [1.29, 1.82) is 0 Å². The molecular formula is C22H35N7S. The molecule has 1 saturated heterocycles. The molecule has 2 aliphatic heterocycles. The van der Waals surface area contributed by atoms with Gasteiger partial charge in [0.2, 0.25) is 0 Å². The van der Waals surface area contributed by atoms with E-state index in [2.05, 4.69) is 63.7 Å². The molecule has 0 spiro atoms. The lowest BCUT2D eigenvalue weighted by atomic mass is 9.98. The quantitative estimate of drug-likeness (QED) is 0.557. The first-order chi connectivity index (χ1) is 14.5. The normalized spacial score (nSPS) is 25.7. The molecule has 2 aliphatic rings. The van der Waals surface area contributed by atoms with Gasteiger partial charge in [-0.15, -0.1) is 11.3 Å². The van der Waals surface area contributed by atoms with Crippen molar-refractivity contribution >= 4 is 23.4 Å². The van der Waals surface area contributed by atoms with Crippen LogP contribution in [0, 0.1) is 18.8 Å². The zero-order valence-electron chi connectivity index (χ0n) is 18.5. The van der Waals surface area contributed by atoms with E-state index in [0.29, 0.717) is 5.92 Å². The molecule has 7 nitrogen and oxygen atoms in total. The number of aryl methyl sites for hydroxylation is 1. The van der Waals surface area contributed by atoms with Gasteiger partial charge in [0.15, 0.2) is 0 Å². The third-order valence-electron chi connectivity index (χ3n) is 5.34. The third-order valence-corrected chi connectivity index (χ3v) is 6.48. The first-order valence-electron chi connectivity index (χ1n) is 10.9. The average Bonchev–Trinajstić information content (AvgIpc) is 3.18. The molecule has 4 N–H and O–H groups in total. The lowest BCUT2D eigenvalue weighted by Crippen LogP contribution is -2.36. The minimum atomic E-state index is 0.0710. The summed E-state index contributed by atoms with van der Waals surface area (Å²) in [6.07, 6.45) is 8.95. The van der Waals surface area contributed by atoms with E-state index in [0.717, 1.165) is 54.0 Å². The highest BCUT2D eigenvalue weighted by Crippen LogP contribution is 2.22. The smallest absolute Gasteiger partial charge is 0.133 e. The zero-order chi connectivity index (χ0) is 21.3. The van der Waals surface area contributed by atoms with Crippen LogP contribution in [-0.2, 0) is 0 Å². The minimum Gasteiger partial charge on any atom is -0.373 e. The second-order valence-corrected chi connectivity index (χ2v) is 9.17. The molecule has 0 saturated carbocycles. The molecule has 30 heavy (non-hydrogen) atoms. The second kappa shape index (κ2) is 11.3. The standard InChI is InChI=1S/C22H35N7S/c1-15(2)19-13-26-25-9-5-6-20(24-12-18-7-10-23-11-8-18)29-21(19)28-17(4)22-27-16(3)14-30-22/h5,9,13-15,17-18,23,25,28H,6-8,10-12H2,1-4H3,(H,24,29)/b9-5+,21-19-,26-13-. The summed E-state index contributed by atoms with van der Waals surface area (Å²) in [6, 6.07) is 0.0710. The summed E-state index contributed by atoms with van der Waals surface area (Å²) in [6.45, 7) is 11.7. The number of allylic oxidation sites excluding steroid dienone is 1. The van der Waals surface area contributed by atoms with E-state index in [4.69, 9.17) is 4.99 Å². The van der Waals surface area contributed by atoms with E-state index in [1.54, 1.807) is 11.3 Å². The molecule has 1 fully saturated rings. The maximum atomic E-state index is 5.06. The van der Waals surface area contributed by atoms with Crippen molar-refractivity contribution in [2.75, 3.05) is 19.6 Å². The average molecular weight is 430 g/mol. The molecule has 3 rings (SSSR count). The number of piperidine rings is 1. The van der Waals surface area contributed by atoms with E-state index < -0.39 is 0 Å². The maximum Gasteiger partial charge on any atom is 0.133 e. The summed E-state index contributed by atoms with van der Waals surface area (Å²) < 4.78 is 0. The van der Waals surface area contributed by atoms with Crippen molar-refractivity contribution in [3.63, 3.8) is 0 Å². The molecule has 0 bridgehead atoms. The molecule has 164 valence electrons. The number of aliphatic imine (C=N–C) groups is 1. The number of nitrogens with one attached hydrogen (secondary N) is 4. The van der Waals surface area contributed by atoms with Gasteiger partial charge in [0, 0.05) is 35.8 Å². The summed E-state index contributed by atoms with van der Waals surface area (Å²) in [5, 5.41) is 18.2. The lowest BCUT2D eigenvalue weighted by molar-refractivity contribution is 0.372. The largest absolute Gasteiger partial charge is 0.373 e. The molecule has 8 heteroatoms. The fourth-order valence-corrected chi connectivity index (χ4v) is 4.32. The van der Waals surface area contributed by atoms with E-state index in [1.165, 1.54) is 12.8 Å². The number of amidine groups is 1. The van der Waals surface area contributed by atoms with E-state index in [1.807, 2.05) is 19.3 Å². The number of aromatic nitrogens is 1. The zero-order valence-corrected chi connectivity index (χ0v) is 19.4. The number of hydrazone groups is 1. The summed E-state index contributed by atoms with van der Waals surface area (Å²) in [5.41, 5.74) is 5.12. The maximum absolute atomic E-state index is 5.06. The topological polar surface area (TPSA) is 85.7 Å². The van der Waals surface area contributed by atoms with Gasteiger partial charge in [0.1, 0.15) is 16.7 Å². The van der Waals surface area contributed by atoms with Gasteiger partial charge in [0.05, 0.1) is 12.3 Å². The highest BCUT2D eigenvalue weighted by molar-refractivity contribution is 7.09. The van der Waals surface area contributed by atoms with Gasteiger partial charge >= 0.3 is 0 Å². The Morgan fingerprint density at radius 1 is 1.23 bits per heavy atom. The van der Waals surface area contributed by atoms with Crippen molar-refractivity contribution < 1.29 is 0 Å². The van der Waals surface area contributed by atoms with Crippen LogP contribution in [0.1, 0.15) is 56.8 Å². The molecule has 1 aromatic rings. The van der Waals surface area contributed by atoms with Crippen molar-refractivity contribution in [3.8, 4) is 0 Å². The number of thiazole rings is 1. The van der Waals surface area contributed by atoms with Crippen LogP contribution >= 0.6 is 11.3 Å².